The van der Waals surface area contributed by atoms with Crippen molar-refractivity contribution in [1.82, 2.24) is 4.90 Å². The van der Waals surface area contributed by atoms with Crippen LogP contribution in [0.25, 0.3) is 0 Å². The molecule has 0 saturated heterocycles. The first-order chi connectivity index (χ1) is 8.52. The van der Waals surface area contributed by atoms with Crippen molar-refractivity contribution in [2.24, 2.45) is 5.92 Å². The van der Waals surface area contributed by atoms with Crippen LogP contribution in [0, 0.1) is 5.92 Å². The lowest BCUT2D eigenvalue weighted by Crippen LogP contribution is -2.43. The van der Waals surface area contributed by atoms with Crippen LogP contribution in [0.5, 0.6) is 5.75 Å². The lowest BCUT2D eigenvalue weighted by atomic mass is 9.71. The van der Waals surface area contributed by atoms with Crippen molar-refractivity contribution in [2.75, 3.05) is 20.6 Å². The Labute approximate surface area is 121 Å². The van der Waals surface area contributed by atoms with Crippen LogP contribution in [0.3, 0.4) is 0 Å². The van der Waals surface area contributed by atoms with Crippen LogP contribution < -0.4 is 0 Å². The van der Waals surface area contributed by atoms with Gasteiger partial charge in [0.25, 0.3) is 0 Å². The molecule has 0 aromatic heterocycles. The van der Waals surface area contributed by atoms with Gasteiger partial charge in [0.15, 0.2) is 0 Å². The van der Waals surface area contributed by atoms with Gasteiger partial charge in [0, 0.05) is 12.5 Å². The molecule has 2 rings (SSSR count). The van der Waals surface area contributed by atoms with E-state index in [1.165, 1.54) is 6.42 Å². The van der Waals surface area contributed by atoms with E-state index < -0.39 is 5.60 Å². The minimum atomic E-state index is -0.790. The van der Waals surface area contributed by atoms with Crippen LogP contribution in [0.15, 0.2) is 24.3 Å². The van der Waals surface area contributed by atoms with E-state index in [0.29, 0.717) is 0 Å². The lowest BCUT2D eigenvalue weighted by molar-refractivity contribution is -0.0619. The number of hydrogen-bond donors (Lipinski definition) is 2. The van der Waals surface area contributed by atoms with E-state index in [2.05, 4.69) is 4.90 Å². The molecule has 1 aliphatic carbocycles. The molecule has 1 aromatic rings. The fraction of sp³-hybridized carbons (Fsp3) is 0.600. The van der Waals surface area contributed by atoms with Crippen molar-refractivity contribution in [3.63, 3.8) is 0 Å². The summed E-state index contributed by atoms with van der Waals surface area (Å²) in [4.78, 5) is 2.13. The molecular weight excluding hydrogens is 262 g/mol. The summed E-state index contributed by atoms with van der Waals surface area (Å²) in [5.41, 5.74) is 0.0652. The van der Waals surface area contributed by atoms with Crippen LogP contribution in [0.1, 0.15) is 31.2 Å². The first kappa shape index (κ1) is 16.3. The molecule has 4 heteroatoms. The van der Waals surface area contributed by atoms with Gasteiger partial charge in [-0.05, 0) is 44.6 Å². The average Bonchev–Trinajstić information content (AvgIpc) is 2.32. The smallest absolute Gasteiger partial charge is 0.115 e. The number of hydrogen-bond acceptors (Lipinski definition) is 3. The van der Waals surface area contributed by atoms with Crippen molar-refractivity contribution in [2.45, 2.75) is 31.3 Å². The van der Waals surface area contributed by atoms with Crippen molar-refractivity contribution in [3.8, 4) is 5.75 Å². The Morgan fingerprint density at radius 1 is 1.32 bits per heavy atom. The van der Waals surface area contributed by atoms with E-state index in [0.717, 1.165) is 31.4 Å². The normalized spacial score (nSPS) is 27.1. The Bertz CT molecular complexity index is 411. The lowest BCUT2D eigenvalue weighted by Gasteiger charge is -2.41. The zero-order chi connectivity index (χ0) is 13.2. The third-order valence-corrected chi connectivity index (χ3v) is 3.97. The monoisotopic (exact) mass is 285 g/mol. The summed E-state index contributed by atoms with van der Waals surface area (Å²) in [6.07, 6.45) is 4.06. The second kappa shape index (κ2) is 6.60. The van der Waals surface area contributed by atoms with Crippen LogP contribution >= 0.6 is 12.4 Å². The molecule has 0 radical (unpaired) electrons. The predicted molar refractivity (Wildman–Crippen MR) is 79.8 cm³/mol. The maximum atomic E-state index is 11.0. The predicted octanol–water partition coefficient (Wildman–Crippen LogP) is 2.75. The fourth-order valence-electron chi connectivity index (χ4n) is 3.07. The molecule has 0 amide bonds. The van der Waals surface area contributed by atoms with Crippen LogP contribution in [0.2, 0.25) is 0 Å². The highest BCUT2D eigenvalue weighted by Gasteiger charge is 2.40. The van der Waals surface area contributed by atoms with E-state index in [4.69, 9.17) is 0 Å². The quantitative estimate of drug-likeness (QED) is 0.897. The summed E-state index contributed by atoms with van der Waals surface area (Å²) in [7, 11) is 4.08. The van der Waals surface area contributed by atoms with Crippen LogP contribution in [-0.4, -0.2) is 35.8 Å². The number of rotatable bonds is 3. The molecule has 3 nitrogen and oxygen atoms in total. The Kier molecular flexibility index (Phi) is 5.65. The zero-order valence-corrected chi connectivity index (χ0v) is 12.5. The topological polar surface area (TPSA) is 43.7 Å². The van der Waals surface area contributed by atoms with E-state index in [-0.39, 0.29) is 24.1 Å². The van der Waals surface area contributed by atoms with Crippen LogP contribution in [-0.2, 0) is 5.60 Å². The largest absolute Gasteiger partial charge is 0.508 e. The average molecular weight is 286 g/mol. The third kappa shape index (κ3) is 3.62. The number of aliphatic hydroxyl groups is 1. The van der Waals surface area contributed by atoms with Gasteiger partial charge in [0.05, 0.1) is 5.60 Å². The number of halogens is 1. The zero-order valence-electron chi connectivity index (χ0n) is 11.7. The van der Waals surface area contributed by atoms with Gasteiger partial charge in [-0.15, -0.1) is 12.4 Å². The first-order valence-electron chi connectivity index (χ1n) is 6.69. The summed E-state index contributed by atoms with van der Waals surface area (Å²) in [6, 6.07) is 7.09. The van der Waals surface area contributed by atoms with Crippen molar-refractivity contribution in [3.05, 3.63) is 29.8 Å². The summed E-state index contributed by atoms with van der Waals surface area (Å²) in [5, 5.41) is 20.6. The Hall–Kier alpha value is -0.770. The summed E-state index contributed by atoms with van der Waals surface area (Å²) >= 11 is 0. The minimum Gasteiger partial charge on any atom is -0.508 e. The number of phenols is 1. The molecule has 1 aliphatic rings. The number of nitrogens with zero attached hydrogens (tertiary/aromatic N) is 1. The molecular formula is C15H24ClNO2. The van der Waals surface area contributed by atoms with Gasteiger partial charge >= 0.3 is 0 Å². The van der Waals surface area contributed by atoms with Gasteiger partial charge in [-0.1, -0.05) is 25.0 Å². The highest BCUT2D eigenvalue weighted by molar-refractivity contribution is 5.85. The van der Waals surface area contributed by atoms with Crippen molar-refractivity contribution < 1.29 is 10.2 Å². The maximum Gasteiger partial charge on any atom is 0.115 e. The molecule has 0 spiro atoms. The Morgan fingerprint density at radius 2 is 2.05 bits per heavy atom. The molecule has 19 heavy (non-hydrogen) atoms. The SMILES string of the molecule is CN(C)C[C@@H]1CCCC[C@]1(O)c1cccc(O)c1.Cl. The molecule has 0 unspecified atom stereocenters. The first-order valence-corrected chi connectivity index (χ1v) is 6.69. The maximum absolute atomic E-state index is 11.0. The summed E-state index contributed by atoms with van der Waals surface area (Å²) in [5.74, 6) is 0.471. The number of aromatic hydroxyl groups is 1. The molecule has 0 aliphatic heterocycles. The van der Waals surface area contributed by atoms with Crippen LogP contribution in [0.4, 0.5) is 0 Å². The standard InChI is InChI=1S/C15H23NO2.ClH/c1-16(2)11-13-6-3-4-9-15(13,18)12-7-5-8-14(17)10-12;/h5,7-8,10,13,17-18H,3-4,6,9,11H2,1-2H3;1H/t13-,15-;/m0./s1. The van der Waals surface area contributed by atoms with Gasteiger partial charge in [-0.25, -0.2) is 0 Å². The van der Waals surface area contributed by atoms with Gasteiger partial charge < -0.3 is 15.1 Å². The van der Waals surface area contributed by atoms with Gasteiger partial charge in [-0.3, -0.25) is 0 Å². The summed E-state index contributed by atoms with van der Waals surface area (Å²) in [6.45, 7) is 0.881. The molecule has 2 N–H and O–H groups in total. The third-order valence-electron chi connectivity index (χ3n) is 3.97. The second-order valence-corrected chi connectivity index (χ2v) is 5.68. The number of phenolic OH excluding ortho intramolecular Hbond substituents is 1. The van der Waals surface area contributed by atoms with Crippen molar-refractivity contribution in [1.29, 1.82) is 0 Å². The highest BCUT2D eigenvalue weighted by Crippen LogP contribution is 2.42. The van der Waals surface area contributed by atoms with Gasteiger partial charge in [0.1, 0.15) is 5.75 Å². The van der Waals surface area contributed by atoms with E-state index in [1.807, 2.05) is 26.2 Å². The molecule has 108 valence electrons. The van der Waals surface area contributed by atoms with E-state index in [9.17, 15) is 10.2 Å². The molecule has 0 heterocycles. The summed E-state index contributed by atoms with van der Waals surface area (Å²) < 4.78 is 0. The molecule has 1 fully saturated rings. The van der Waals surface area contributed by atoms with Gasteiger partial charge in [0.2, 0.25) is 0 Å². The Morgan fingerprint density at radius 3 is 2.68 bits per heavy atom. The highest BCUT2D eigenvalue weighted by atomic mass is 35.5. The molecule has 0 bridgehead atoms. The fourth-order valence-corrected chi connectivity index (χ4v) is 3.07. The second-order valence-electron chi connectivity index (χ2n) is 5.68. The molecule has 2 atom stereocenters. The van der Waals surface area contributed by atoms with Gasteiger partial charge in [-0.2, -0.15) is 0 Å². The van der Waals surface area contributed by atoms with Crippen molar-refractivity contribution >= 4 is 12.4 Å². The van der Waals surface area contributed by atoms with E-state index in [1.54, 1.807) is 12.1 Å². The molecule has 1 saturated carbocycles. The molecule has 1 aromatic carbocycles. The van der Waals surface area contributed by atoms with E-state index >= 15 is 0 Å². The number of benzene rings is 1. The minimum absolute atomic E-state index is 0. The Balaban J connectivity index is 0.00000180.